The van der Waals surface area contributed by atoms with E-state index < -0.39 is 0 Å². The lowest BCUT2D eigenvalue weighted by atomic mass is 10.1. The maximum atomic E-state index is 3.61. The first-order chi connectivity index (χ1) is 7.63. The van der Waals surface area contributed by atoms with Gasteiger partial charge in [-0.1, -0.05) is 0 Å². The van der Waals surface area contributed by atoms with E-state index in [9.17, 15) is 0 Å². The molecule has 0 aliphatic rings. The molecule has 2 aromatic heterocycles. The lowest BCUT2D eigenvalue weighted by Crippen LogP contribution is -2.16. The molecule has 0 spiro atoms. The van der Waals surface area contributed by atoms with Gasteiger partial charge < -0.3 is 5.32 Å². The molecule has 0 radical (unpaired) electrons. The summed E-state index contributed by atoms with van der Waals surface area (Å²) in [5, 5.41) is 5.53. The van der Waals surface area contributed by atoms with Crippen molar-refractivity contribution in [2.45, 2.75) is 19.9 Å². The van der Waals surface area contributed by atoms with Crippen molar-refractivity contribution in [2.24, 2.45) is 0 Å². The third-order valence-electron chi connectivity index (χ3n) is 2.54. The van der Waals surface area contributed by atoms with E-state index in [0.717, 1.165) is 0 Å². The third kappa shape index (κ3) is 2.25. The zero-order chi connectivity index (χ0) is 11.7. The van der Waals surface area contributed by atoms with Crippen LogP contribution in [0.1, 0.15) is 26.2 Å². The molecular weight excluding hydrogens is 302 g/mol. The molecule has 2 aromatic rings. The summed E-state index contributed by atoms with van der Waals surface area (Å²) < 4.78 is 1.20. The Hall–Kier alpha value is -0.160. The highest BCUT2D eigenvalue weighted by Gasteiger charge is 2.19. The van der Waals surface area contributed by atoms with Gasteiger partial charge in [-0.3, -0.25) is 0 Å². The van der Waals surface area contributed by atoms with Gasteiger partial charge in [0.15, 0.2) is 0 Å². The molecule has 4 heteroatoms. The first-order valence-corrected chi connectivity index (χ1v) is 7.59. The molecule has 0 fully saturated rings. The van der Waals surface area contributed by atoms with E-state index in [1.807, 2.05) is 18.4 Å². The van der Waals surface area contributed by atoms with Gasteiger partial charge in [0.2, 0.25) is 0 Å². The molecule has 0 aliphatic heterocycles. The van der Waals surface area contributed by atoms with Gasteiger partial charge >= 0.3 is 0 Å². The summed E-state index contributed by atoms with van der Waals surface area (Å²) in [6, 6.07) is 4.68. The van der Waals surface area contributed by atoms with E-state index in [1.165, 1.54) is 24.7 Å². The molecule has 1 N–H and O–H groups in total. The van der Waals surface area contributed by atoms with Crippen molar-refractivity contribution >= 4 is 38.6 Å². The van der Waals surface area contributed by atoms with Crippen LogP contribution in [0.4, 0.5) is 0 Å². The van der Waals surface area contributed by atoms with Crippen molar-refractivity contribution < 1.29 is 0 Å². The molecule has 2 heterocycles. The highest BCUT2D eigenvalue weighted by atomic mass is 79.9. The second-order valence-corrected chi connectivity index (χ2v) is 6.85. The molecular formula is C12H14BrNS2. The Bertz CT molecular complexity index is 487. The number of rotatable bonds is 3. The van der Waals surface area contributed by atoms with Crippen LogP contribution < -0.4 is 5.32 Å². The minimum Gasteiger partial charge on any atom is -0.308 e. The zero-order valence-corrected chi connectivity index (χ0v) is 12.7. The van der Waals surface area contributed by atoms with E-state index in [1.54, 1.807) is 11.3 Å². The minimum atomic E-state index is 0.313. The highest BCUT2D eigenvalue weighted by Crippen LogP contribution is 2.37. The fourth-order valence-corrected chi connectivity index (χ4v) is 4.79. The van der Waals surface area contributed by atoms with Crippen molar-refractivity contribution in [1.29, 1.82) is 0 Å². The number of halogens is 1. The van der Waals surface area contributed by atoms with Crippen LogP contribution in [0.3, 0.4) is 0 Å². The summed E-state index contributed by atoms with van der Waals surface area (Å²) in [6.07, 6.45) is 0. The fraction of sp³-hybridized carbons (Fsp3) is 0.333. The van der Waals surface area contributed by atoms with E-state index in [2.05, 4.69) is 52.6 Å². The van der Waals surface area contributed by atoms with Crippen molar-refractivity contribution in [3.05, 3.63) is 42.2 Å². The Morgan fingerprint density at radius 3 is 2.50 bits per heavy atom. The SMILES string of the molecule is CNC(c1sc(C)cc1C)c1sccc1Br. The maximum absolute atomic E-state index is 3.61. The van der Waals surface area contributed by atoms with Gasteiger partial charge in [-0.15, -0.1) is 22.7 Å². The van der Waals surface area contributed by atoms with E-state index >= 15 is 0 Å². The van der Waals surface area contributed by atoms with Crippen molar-refractivity contribution in [3.8, 4) is 0 Å². The van der Waals surface area contributed by atoms with Crippen molar-refractivity contribution in [1.82, 2.24) is 5.32 Å². The molecule has 1 nitrogen and oxygen atoms in total. The average molecular weight is 316 g/mol. The molecule has 0 saturated carbocycles. The predicted molar refractivity (Wildman–Crippen MR) is 76.7 cm³/mol. The van der Waals surface area contributed by atoms with Crippen LogP contribution in [-0.4, -0.2) is 7.05 Å². The molecule has 1 atom stereocenters. The van der Waals surface area contributed by atoms with Crippen LogP contribution in [0.25, 0.3) is 0 Å². The summed E-state index contributed by atoms with van der Waals surface area (Å²) in [5.41, 5.74) is 1.38. The average Bonchev–Trinajstić information content (AvgIpc) is 2.77. The fourth-order valence-electron chi connectivity index (χ4n) is 1.84. The van der Waals surface area contributed by atoms with Crippen molar-refractivity contribution in [3.63, 3.8) is 0 Å². The van der Waals surface area contributed by atoms with E-state index in [-0.39, 0.29) is 0 Å². The molecule has 0 aromatic carbocycles. The number of aryl methyl sites for hydroxylation is 2. The van der Waals surface area contributed by atoms with E-state index in [0.29, 0.717) is 6.04 Å². The number of nitrogens with one attached hydrogen (secondary N) is 1. The Morgan fingerprint density at radius 1 is 1.31 bits per heavy atom. The van der Waals surface area contributed by atoms with Crippen LogP contribution in [0, 0.1) is 13.8 Å². The van der Waals surface area contributed by atoms with Crippen LogP contribution in [0.15, 0.2) is 22.0 Å². The molecule has 0 saturated heterocycles. The molecule has 1 unspecified atom stereocenters. The largest absolute Gasteiger partial charge is 0.308 e. The smallest absolute Gasteiger partial charge is 0.0776 e. The highest BCUT2D eigenvalue weighted by molar-refractivity contribution is 9.10. The van der Waals surface area contributed by atoms with Crippen LogP contribution in [0.5, 0.6) is 0 Å². The monoisotopic (exact) mass is 315 g/mol. The predicted octanol–water partition coefficient (Wildman–Crippen LogP) is 4.50. The van der Waals surface area contributed by atoms with Crippen LogP contribution in [-0.2, 0) is 0 Å². The zero-order valence-electron chi connectivity index (χ0n) is 9.50. The van der Waals surface area contributed by atoms with Gasteiger partial charge in [0, 0.05) is 19.1 Å². The molecule has 0 bridgehead atoms. The molecule has 86 valence electrons. The second kappa shape index (κ2) is 5.00. The van der Waals surface area contributed by atoms with Crippen LogP contribution >= 0.6 is 38.6 Å². The Kier molecular flexibility index (Phi) is 3.85. The third-order valence-corrected chi connectivity index (χ3v) is 5.69. The standard InChI is InChI=1S/C12H14BrNS2/c1-7-6-8(2)16-11(7)10(14-3)12-9(13)4-5-15-12/h4-6,10,14H,1-3H3. The lowest BCUT2D eigenvalue weighted by molar-refractivity contribution is 0.710. The Balaban J connectivity index is 2.44. The summed E-state index contributed by atoms with van der Waals surface area (Å²) >= 11 is 7.28. The van der Waals surface area contributed by atoms with Gasteiger partial charge in [0.1, 0.15) is 0 Å². The number of hydrogen-bond donors (Lipinski definition) is 1. The van der Waals surface area contributed by atoms with Gasteiger partial charge in [0.05, 0.1) is 6.04 Å². The molecule has 0 aliphatic carbocycles. The summed E-state index contributed by atoms with van der Waals surface area (Å²) in [5.74, 6) is 0. The Labute approximate surface area is 113 Å². The first kappa shape index (κ1) is 12.3. The molecule has 0 amide bonds. The summed E-state index contributed by atoms with van der Waals surface area (Å²) in [4.78, 5) is 4.15. The summed E-state index contributed by atoms with van der Waals surface area (Å²) in [6.45, 7) is 4.35. The number of hydrogen-bond acceptors (Lipinski definition) is 3. The van der Waals surface area contributed by atoms with Crippen molar-refractivity contribution in [2.75, 3.05) is 7.05 Å². The number of thiophene rings is 2. The molecule has 16 heavy (non-hydrogen) atoms. The molecule has 2 rings (SSSR count). The quantitative estimate of drug-likeness (QED) is 0.879. The van der Waals surface area contributed by atoms with Gasteiger partial charge in [-0.2, -0.15) is 0 Å². The van der Waals surface area contributed by atoms with Gasteiger partial charge in [-0.25, -0.2) is 0 Å². The summed E-state index contributed by atoms with van der Waals surface area (Å²) in [7, 11) is 2.02. The topological polar surface area (TPSA) is 12.0 Å². The van der Waals surface area contributed by atoms with Crippen LogP contribution in [0.2, 0.25) is 0 Å². The first-order valence-electron chi connectivity index (χ1n) is 5.10. The van der Waals surface area contributed by atoms with E-state index in [4.69, 9.17) is 0 Å². The minimum absolute atomic E-state index is 0.313. The second-order valence-electron chi connectivity index (χ2n) is 3.76. The lowest BCUT2D eigenvalue weighted by Gasteiger charge is -2.15. The van der Waals surface area contributed by atoms with Gasteiger partial charge in [0.25, 0.3) is 0 Å². The normalized spacial score (nSPS) is 13.0. The Morgan fingerprint density at radius 2 is 2.06 bits per heavy atom. The maximum Gasteiger partial charge on any atom is 0.0776 e. The van der Waals surface area contributed by atoms with Gasteiger partial charge in [-0.05, 0) is 59.9 Å².